The molecule has 220 valence electrons. The molecule has 1 atom stereocenters. The molecule has 0 saturated carbocycles. The van der Waals surface area contributed by atoms with Gasteiger partial charge >= 0.3 is 0 Å². The largest absolute Gasteiger partial charge is 0.367 e. The van der Waals surface area contributed by atoms with E-state index in [-0.39, 0.29) is 23.4 Å². The molecule has 3 saturated heterocycles. The van der Waals surface area contributed by atoms with E-state index in [0.29, 0.717) is 53.7 Å². The van der Waals surface area contributed by atoms with Gasteiger partial charge in [-0.1, -0.05) is 0 Å². The van der Waals surface area contributed by atoms with Crippen LogP contribution in [-0.4, -0.2) is 101 Å². The molecule has 0 aliphatic carbocycles. The number of amides is 5. The number of halogens is 1. The fourth-order valence-corrected chi connectivity index (χ4v) is 5.37. The predicted molar refractivity (Wildman–Crippen MR) is 147 cm³/mol. The van der Waals surface area contributed by atoms with Crippen molar-refractivity contribution in [3.05, 3.63) is 46.9 Å². The number of piperazine rings is 1. The molecule has 4 aliphatic heterocycles. The highest BCUT2D eigenvalue weighted by Gasteiger charge is 2.45. The van der Waals surface area contributed by atoms with E-state index in [9.17, 15) is 24.0 Å². The summed E-state index contributed by atoms with van der Waals surface area (Å²) in [6, 6.07) is 2.76. The van der Waals surface area contributed by atoms with Gasteiger partial charge in [-0.05, 0) is 49.4 Å². The fourth-order valence-electron chi connectivity index (χ4n) is 5.37. The Kier molecular flexibility index (Phi) is 5.18. The number of primary amides is 1. The van der Waals surface area contributed by atoms with Crippen LogP contribution in [0.2, 0.25) is 0 Å². The zero-order chi connectivity index (χ0) is 36.7. The average molecular weight is 587 g/mol. The molecule has 6 rings (SSSR count). The minimum absolute atomic E-state index is 0.0183. The van der Waals surface area contributed by atoms with Crippen LogP contribution < -0.4 is 20.9 Å². The molecule has 3 N–H and O–H groups in total. The number of benzene rings is 1. The summed E-state index contributed by atoms with van der Waals surface area (Å²) in [5.74, 6) is -5.91. The van der Waals surface area contributed by atoms with Crippen LogP contribution in [0.15, 0.2) is 24.3 Å². The molecule has 4 aliphatic rings. The maximum absolute atomic E-state index is 15.8. The molecule has 13 nitrogen and oxygen atoms in total. The molecule has 42 heavy (non-hydrogen) atoms. The minimum Gasteiger partial charge on any atom is -0.367 e. The van der Waals surface area contributed by atoms with Gasteiger partial charge in [0.2, 0.25) is 11.8 Å². The summed E-state index contributed by atoms with van der Waals surface area (Å²) in [5.41, 5.74) is 3.11. The van der Waals surface area contributed by atoms with Crippen LogP contribution in [0.1, 0.15) is 67.9 Å². The van der Waals surface area contributed by atoms with Gasteiger partial charge in [0, 0.05) is 57.5 Å². The van der Waals surface area contributed by atoms with Crippen molar-refractivity contribution in [3.63, 3.8) is 0 Å². The van der Waals surface area contributed by atoms with E-state index >= 15 is 4.39 Å². The first-order chi connectivity index (χ1) is 23.2. The maximum Gasteiger partial charge on any atom is 0.269 e. The van der Waals surface area contributed by atoms with E-state index in [2.05, 4.69) is 10.2 Å². The molecule has 1 aromatic heterocycles. The maximum atomic E-state index is 15.8. The lowest BCUT2D eigenvalue weighted by molar-refractivity contribution is -0.136. The van der Waals surface area contributed by atoms with E-state index in [1.807, 2.05) is 10.2 Å². The highest BCUT2D eigenvalue weighted by atomic mass is 19.1. The van der Waals surface area contributed by atoms with Gasteiger partial charge < -0.3 is 15.5 Å². The number of hydrogen-bond donors (Lipinski definition) is 2. The zero-order valence-electron chi connectivity index (χ0n) is 30.1. The Morgan fingerprint density at radius 1 is 0.976 bits per heavy atom. The van der Waals surface area contributed by atoms with E-state index in [4.69, 9.17) is 16.7 Å². The van der Waals surface area contributed by atoms with Gasteiger partial charge in [-0.15, -0.1) is 10.2 Å². The Morgan fingerprint density at radius 2 is 1.67 bits per heavy atom. The SMILES string of the molecule is [2H]C1([2H])N(CC2CCN(c3ccc(C(N)=O)nn3)CC2)C([2H])([2H])C([2H])([2H])N(c2cc3c(cc2F)C(=O)N(C2CCC(=O)NC2=O)C3=O)C1([2H])[2H]. The lowest BCUT2D eigenvalue weighted by atomic mass is 9.96. The molecular formula is C28H31FN8O5. The monoisotopic (exact) mass is 586 g/mol. The lowest BCUT2D eigenvalue weighted by Gasteiger charge is -2.39. The molecule has 1 unspecified atom stereocenters. The van der Waals surface area contributed by atoms with Crippen LogP contribution in [0, 0.1) is 11.7 Å². The van der Waals surface area contributed by atoms with Gasteiger partial charge in [-0.25, -0.2) is 4.39 Å². The van der Waals surface area contributed by atoms with Crippen LogP contribution in [0.3, 0.4) is 0 Å². The Labute approximate surface area is 252 Å². The van der Waals surface area contributed by atoms with Crippen LogP contribution in [0.25, 0.3) is 0 Å². The summed E-state index contributed by atoms with van der Waals surface area (Å²) in [4.78, 5) is 64.7. The summed E-state index contributed by atoms with van der Waals surface area (Å²) in [6.07, 6.45) is 0.308. The Morgan fingerprint density at radius 3 is 2.29 bits per heavy atom. The number of nitrogens with one attached hydrogen (secondary N) is 1. The Balaban J connectivity index is 1.27. The van der Waals surface area contributed by atoms with Crippen LogP contribution in [0.4, 0.5) is 15.9 Å². The van der Waals surface area contributed by atoms with Gasteiger partial charge in [0.05, 0.1) is 22.3 Å². The summed E-state index contributed by atoms with van der Waals surface area (Å²) >= 11 is 0. The number of nitrogens with two attached hydrogens (primary N) is 1. The number of aromatic nitrogens is 2. The summed E-state index contributed by atoms with van der Waals surface area (Å²) < 4.78 is 86.4. The molecule has 2 aromatic rings. The van der Waals surface area contributed by atoms with Crippen molar-refractivity contribution in [3.8, 4) is 0 Å². The first-order valence-electron chi connectivity index (χ1n) is 17.2. The molecule has 3 fully saturated rings. The van der Waals surface area contributed by atoms with Gasteiger partial charge in [0.1, 0.15) is 11.9 Å². The topological polar surface area (TPSA) is 162 Å². The number of rotatable bonds is 6. The molecule has 5 amide bonds. The second-order valence-corrected chi connectivity index (χ2v) is 10.3. The fraction of sp³-hybridized carbons (Fsp3) is 0.464. The van der Waals surface area contributed by atoms with Crippen LogP contribution in [-0.2, 0) is 9.59 Å². The molecule has 14 heteroatoms. The second kappa shape index (κ2) is 11.1. The van der Waals surface area contributed by atoms with E-state index in [1.165, 1.54) is 6.07 Å². The number of anilines is 2. The first-order valence-corrected chi connectivity index (χ1v) is 13.2. The third kappa shape index (κ3) is 5.17. The third-order valence-corrected chi connectivity index (χ3v) is 7.62. The van der Waals surface area contributed by atoms with Gasteiger partial charge in [0.25, 0.3) is 17.7 Å². The number of carbonyl (C=O) groups is 5. The van der Waals surface area contributed by atoms with Crippen molar-refractivity contribution < 1.29 is 39.3 Å². The van der Waals surface area contributed by atoms with Gasteiger partial charge in [0.15, 0.2) is 11.5 Å². The van der Waals surface area contributed by atoms with E-state index in [0.717, 1.165) is 0 Å². The minimum atomic E-state index is -3.47. The Hall–Kier alpha value is -4.46. The van der Waals surface area contributed by atoms with E-state index < -0.39 is 96.7 Å². The van der Waals surface area contributed by atoms with Gasteiger partial charge in [-0.3, -0.25) is 39.1 Å². The average Bonchev–Trinajstić information content (AvgIpc) is 3.27. The van der Waals surface area contributed by atoms with Crippen molar-refractivity contribution in [1.82, 2.24) is 25.3 Å². The van der Waals surface area contributed by atoms with Crippen molar-refractivity contribution in [2.45, 2.75) is 31.7 Å². The van der Waals surface area contributed by atoms with Crippen LogP contribution >= 0.6 is 0 Å². The first kappa shape index (κ1) is 19.6. The molecule has 5 heterocycles. The van der Waals surface area contributed by atoms with Gasteiger partial charge in [-0.2, -0.15) is 0 Å². The van der Waals surface area contributed by atoms with Crippen molar-refractivity contribution in [2.75, 3.05) is 55.4 Å². The highest BCUT2D eigenvalue weighted by Crippen LogP contribution is 2.33. The van der Waals surface area contributed by atoms with Crippen molar-refractivity contribution in [1.29, 1.82) is 0 Å². The highest BCUT2D eigenvalue weighted by molar-refractivity contribution is 6.23. The number of hydrogen-bond acceptors (Lipinski definition) is 10. The Bertz CT molecular complexity index is 1780. The third-order valence-electron chi connectivity index (χ3n) is 7.62. The molecule has 0 radical (unpaired) electrons. The predicted octanol–water partition coefficient (Wildman–Crippen LogP) is 0.154. The van der Waals surface area contributed by atoms with Crippen molar-refractivity contribution >= 4 is 41.0 Å². The lowest BCUT2D eigenvalue weighted by Crippen LogP contribution is -2.54. The van der Waals surface area contributed by atoms with E-state index in [1.54, 1.807) is 6.07 Å². The standard InChI is InChI=1S/C28H31FN8O5/c29-19-13-17-18(28(42)37(27(17)41)21-2-4-24(38)31-26(21)40)14-22(19)35-11-9-34(10-12-35)15-16-5-7-36(8-6-16)23-3-1-20(25(30)39)32-33-23/h1,3,13-14,16,21H,2,4-12,15H2,(H2,30,39)(H,31,38,40)/i9D2,10D2,11D2,12D2. The quantitative estimate of drug-likeness (QED) is 0.446. The summed E-state index contributed by atoms with van der Waals surface area (Å²) in [6.45, 7) is -13.2. The van der Waals surface area contributed by atoms with Crippen LogP contribution in [0.5, 0.6) is 0 Å². The smallest absolute Gasteiger partial charge is 0.269 e. The number of fused-ring (bicyclic) bond motifs is 1. The number of piperidine rings is 2. The molecule has 0 bridgehead atoms. The summed E-state index contributed by atoms with van der Waals surface area (Å²) in [5, 5.41) is 9.79. The second-order valence-electron chi connectivity index (χ2n) is 10.3. The van der Waals surface area contributed by atoms with Crippen molar-refractivity contribution in [2.24, 2.45) is 11.7 Å². The number of imide groups is 2. The molecular weight excluding hydrogens is 547 g/mol. The normalized spacial score (nSPS) is 29.6. The molecule has 0 spiro atoms. The number of nitrogens with zero attached hydrogens (tertiary/aromatic N) is 6. The zero-order valence-corrected chi connectivity index (χ0v) is 22.1. The number of carbonyl (C=O) groups excluding carboxylic acids is 5. The molecule has 1 aromatic carbocycles. The summed E-state index contributed by atoms with van der Waals surface area (Å²) in [7, 11) is 0.